The zero-order chi connectivity index (χ0) is 13.3. The zero-order valence-corrected chi connectivity index (χ0v) is 11.5. The molecule has 0 heterocycles. The molecule has 0 aliphatic rings. The minimum Gasteiger partial charge on any atom is -0.380 e. The Kier molecular flexibility index (Phi) is 9.03. The van der Waals surface area contributed by atoms with E-state index in [-0.39, 0.29) is 18.0 Å². The van der Waals surface area contributed by atoms with Gasteiger partial charge in [0.05, 0.1) is 12.6 Å². The molecule has 5 heteroatoms. The number of carbonyl (C=O) groups excluding carboxylic acids is 1. The first-order chi connectivity index (χ1) is 7.97. The van der Waals surface area contributed by atoms with Gasteiger partial charge in [-0.15, -0.1) is 0 Å². The Morgan fingerprint density at radius 2 is 2.06 bits per heavy atom. The van der Waals surface area contributed by atoms with Crippen LogP contribution in [0.3, 0.4) is 0 Å². The fraction of sp³-hybridized carbons (Fsp3) is 0.917. The summed E-state index contributed by atoms with van der Waals surface area (Å²) in [6.07, 6.45) is 0.732. The average Bonchev–Trinajstić information content (AvgIpc) is 2.23. The number of primary amides is 1. The van der Waals surface area contributed by atoms with Gasteiger partial charge >= 0.3 is 0 Å². The molecule has 0 bridgehead atoms. The molecule has 0 fully saturated rings. The van der Waals surface area contributed by atoms with Crippen LogP contribution < -0.4 is 11.1 Å². The summed E-state index contributed by atoms with van der Waals surface area (Å²) in [4.78, 5) is 13.4. The molecule has 0 radical (unpaired) electrons. The van der Waals surface area contributed by atoms with Gasteiger partial charge in [-0.3, -0.25) is 4.79 Å². The number of rotatable bonds is 10. The van der Waals surface area contributed by atoms with Crippen molar-refractivity contribution in [2.24, 2.45) is 5.73 Å². The molecule has 0 aromatic heterocycles. The molecule has 17 heavy (non-hydrogen) atoms. The second-order valence-electron chi connectivity index (χ2n) is 4.57. The first-order valence-corrected chi connectivity index (χ1v) is 6.29. The van der Waals surface area contributed by atoms with Crippen LogP contribution in [0.25, 0.3) is 0 Å². The van der Waals surface area contributed by atoms with Crippen molar-refractivity contribution in [3.63, 3.8) is 0 Å². The van der Waals surface area contributed by atoms with Crippen molar-refractivity contribution >= 4 is 5.91 Å². The lowest BCUT2D eigenvalue weighted by atomic mass is 10.1. The Morgan fingerprint density at radius 3 is 2.53 bits per heavy atom. The largest absolute Gasteiger partial charge is 0.380 e. The Hall–Kier alpha value is -0.650. The van der Waals surface area contributed by atoms with E-state index in [1.165, 1.54) is 0 Å². The summed E-state index contributed by atoms with van der Waals surface area (Å²) in [5.41, 5.74) is 5.35. The normalized spacial score (nSPS) is 13.3. The molecule has 0 aliphatic heterocycles. The number of ether oxygens (including phenoxy) is 1. The van der Waals surface area contributed by atoms with E-state index in [0.29, 0.717) is 0 Å². The second kappa shape index (κ2) is 9.39. The fourth-order valence-corrected chi connectivity index (χ4v) is 1.54. The number of nitrogens with zero attached hydrogens (tertiary/aromatic N) is 1. The highest BCUT2D eigenvalue weighted by Crippen LogP contribution is 1.96. The van der Waals surface area contributed by atoms with Crippen molar-refractivity contribution in [3.05, 3.63) is 0 Å². The summed E-state index contributed by atoms with van der Waals surface area (Å²) < 4.78 is 5.27. The maximum absolute atomic E-state index is 11.2. The van der Waals surface area contributed by atoms with Crippen LogP contribution in [0.15, 0.2) is 0 Å². The molecule has 1 atom stereocenters. The molecule has 0 saturated heterocycles. The van der Waals surface area contributed by atoms with E-state index in [2.05, 4.69) is 10.2 Å². The molecule has 0 spiro atoms. The van der Waals surface area contributed by atoms with Gasteiger partial charge in [-0.2, -0.15) is 0 Å². The third-order valence-electron chi connectivity index (χ3n) is 2.50. The van der Waals surface area contributed by atoms with Gasteiger partial charge in [-0.05, 0) is 26.9 Å². The van der Waals surface area contributed by atoms with Gasteiger partial charge in [0.15, 0.2) is 0 Å². The van der Waals surface area contributed by atoms with E-state index in [9.17, 15) is 4.79 Å². The Labute approximate surface area is 105 Å². The lowest BCUT2D eigenvalue weighted by Crippen LogP contribution is -2.46. The molecule has 0 aromatic rings. The fourth-order valence-electron chi connectivity index (χ4n) is 1.54. The van der Waals surface area contributed by atoms with Crippen molar-refractivity contribution in [1.29, 1.82) is 0 Å². The Morgan fingerprint density at radius 1 is 1.41 bits per heavy atom. The van der Waals surface area contributed by atoms with E-state index in [1.807, 2.05) is 27.8 Å². The van der Waals surface area contributed by atoms with Gasteiger partial charge in [-0.1, -0.05) is 13.8 Å². The maximum atomic E-state index is 11.2. The molecule has 3 N–H and O–H groups in total. The monoisotopic (exact) mass is 245 g/mol. The van der Waals surface area contributed by atoms with Gasteiger partial charge in [0.2, 0.25) is 5.91 Å². The molecule has 0 aromatic carbocycles. The van der Waals surface area contributed by atoms with Crippen LogP contribution in [0.5, 0.6) is 0 Å². The highest BCUT2D eigenvalue weighted by Gasteiger charge is 2.16. The van der Waals surface area contributed by atoms with Crippen molar-refractivity contribution in [2.75, 3.05) is 33.4 Å². The maximum Gasteiger partial charge on any atom is 0.234 e. The quantitative estimate of drug-likeness (QED) is 0.539. The number of hydrogen-bond donors (Lipinski definition) is 2. The smallest absolute Gasteiger partial charge is 0.234 e. The van der Waals surface area contributed by atoms with Crippen LogP contribution in [0.1, 0.15) is 27.2 Å². The second-order valence-corrected chi connectivity index (χ2v) is 4.57. The molecule has 0 rings (SSSR count). The van der Waals surface area contributed by atoms with E-state index in [4.69, 9.17) is 10.5 Å². The van der Waals surface area contributed by atoms with Gasteiger partial charge in [0.25, 0.3) is 0 Å². The predicted molar refractivity (Wildman–Crippen MR) is 69.9 cm³/mol. The van der Waals surface area contributed by atoms with Crippen molar-refractivity contribution in [1.82, 2.24) is 10.2 Å². The topological polar surface area (TPSA) is 67.6 Å². The molecule has 1 unspecified atom stereocenters. The number of nitrogens with two attached hydrogens (primary N) is 1. The number of nitrogens with one attached hydrogen (secondary N) is 1. The summed E-state index contributed by atoms with van der Waals surface area (Å²) in [5, 5.41) is 3.17. The van der Waals surface area contributed by atoms with E-state index >= 15 is 0 Å². The summed E-state index contributed by atoms with van der Waals surface area (Å²) in [6.45, 7) is 9.18. The number of likely N-dealkylation sites (N-methyl/N-ethyl adjacent to an activating group) is 1. The molecular formula is C12H27N3O2. The molecule has 0 aliphatic carbocycles. The first kappa shape index (κ1) is 16.4. The van der Waals surface area contributed by atoms with Gasteiger partial charge < -0.3 is 20.7 Å². The van der Waals surface area contributed by atoms with Crippen LogP contribution in [0.2, 0.25) is 0 Å². The summed E-state index contributed by atoms with van der Waals surface area (Å²) >= 11 is 0. The lowest BCUT2D eigenvalue weighted by molar-refractivity contribution is -0.120. The minimum absolute atomic E-state index is 0.246. The van der Waals surface area contributed by atoms with Crippen molar-refractivity contribution in [2.45, 2.75) is 39.3 Å². The third kappa shape index (κ3) is 9.09. The summed E-state index contributed by atoms with van der Waals surface area (Å²) in [7, 11) is 2.02. The van der Waals surface area contributed by atoms with Crippen LogP contribution in [-0.2, 0) is 9.53 Å². The van der Waals surface area contributed by atoms with E-state index < -0.39 is 0 Å². The van der Waals surface area contributed by atoms with Crippen molar-refractivity contribution in [3.8, 4) is 0 Å². The summed E-state index contributed by atoms with van der Waals surface area (Å²) in [6, 6.07) is 0.0192. The summed E-state index contributed by atoms with van der Waals surface area (Å²) in [5.74, 6) is -0.281. The number of amides is 1. The average molecular weight is 245 g/mol. The van der Waals surface area contributed by atoms with Gasteiger partial charge in [-0.25, -0.2) is 0 Å². The van der Waals surface area contributed by atoms with E-state index in [1.54, 1.807) is 0 Å². The number of carbonyl (C=O) groups is 1. The van der Waals surface area contributed by atoms with Crippen LogP contribution in [-0.4, -0.2) is 56.2 Å². The van der Waals surface area contributed by atoms with Crippen LogP contribution >= 0.6 is 0 Å². The lowest BCUT2D eigenvalue weighted by Gasteiger charge is -2.22. The standard InChI is InChI=1S/C12H27N3O2/c1-5-17-9-8-15(4)7-6-11(12(13)16)14-10(2)3/h10-11,14H,5-9H2,1-4H3,(H2,13,16). The van der Waals surface area contributed by atoms with Gasteiger partial charge in [0, 0.05) is 19.2 Å². The molecule has 5 nitrogen and oxygen atoms in total. The minimum atomic E-state index is -0.281. The van der Waals surface area contributed by atoms with Crippen LogP contribution in [0.4, 0.5) is 0 Å². The highest BCUT2D eigenvalue weighted by molar-refractivity contribution is 5.79. The predicted octanol–water partition coefficient (Wildman–Crippen LogP) is 0.197. The molecule has 1 amide bonds. The molecule has 0 saturated carbocycles. The van der Waals surface area contributed by atoms with E-state index in [0.717, 1.165) is 32.7 Å². The molecular weight excluding hydrogens is 218 g/mol. The van der Waals surface area contributed by atoms with Crippen LogP contribution in [0, 0.1) is 0 Å². The SMILES string of the molecule is CCOCCN(C)CCC(NC(C)C)C(N)=O. The third-order valence-corrected chi connectivity index (χ3v) is 2.50. The Balaban J connectivity index is 3.83. The Bertz CT molecular complexity index is 210. The molecule has 102 valence electrons. The highest BCUT2D eigenvalue weighted by atomic mass is 16.5. The van der Waals surface area contributed by atoms with Crippen molar-refractivity contribution < 1.29 is 9.53 Å². The number of hydrogen-bond acceptors (Lipinski definition) is 4. The van der Waals surface area contributed by atoms with Gasteiger partial charge in [0.1, 0.15) is 0 Å². The first-order valence-electron chi connectivity index (χ1n) is 6.29. The zero-order valence-electron chi connectivity index (χ0n) is 11.5.